The van der Waals surface area contributed by atoms with Crippen LogP contribution in [0.2, 0.25) is 0 Å². The zero-order valence-corrected chi connectivity index (χ0v) is 15.9. The first-order chi connectivity index (χ1) is 9.96. The van der Waals surface area contributed by atoms with Crippen molar-refractivity contribution in [2.75, 3.05) is 0 Å². The van der Waals surface area contributed by atoms with Crippen molar-refractivity contribution in [2.45, 2.75) is 78.6 Å². The van der Waals surface area contributed by atoms with Gasteiger partial charge in [0.2, 0.25) is 0 Å². The largest absolute Gasteiger partial charge is 0.427 e. The van der Waals surface area contributed by atoms with Crippen molar-refractivity contribution in [1.82, 2.24) is 0 Å². The monoisotopic (exact) mass is 326 g/mol. The maximum Gasteiger partial charge on any atom is 0.391 e. The minimum Gasteiger partial charge on any atom is -0.427 e. The lowest BCUT2D eigenvalue weighted by Gasteiger charge is -2.32. The van der Waals surface area contributed by atoms with Crippen molar-refractivity contribution >= 4 is 8.60 Å². The molecule has 0 aliphatic carbocycles. The van der Waals surface area contributed by atoms with Gasteiger partial charge in [0.1, 0.15) is 5.75 Å². The Kier molecular flexibility index (Phi) is 6.44. The van der Waals surface area contributed by atoms with Gasteiger partial charge in [-0.25, -0.2) is 0 Å². The van der Waals surface area contributed by atoms with Crippen LogP contribution < -0.4 is 4.52 Å². The summed E-state index contributed by atoms with van der Waals surface area (Å²) in [5, 5.41) is 0. The Bertz CT molecular complexity index is 496. The molecule has 0 aromatic heterocycles. The summed E-state index contributed by atoms with van der Waals surface area (Å²) in [5.41, 5.74) is 3.33. The lowest BCUT2D eigenvalue weighted by atomic mass is 9.74. The molecule has 0 unspecified atom stereocenters. The Morgan fingerprint density at radius 2 is 1.59 bits per heavy atom. The third-order valence-electron chi connectivity index (χ3n) is 3.72. The summed E-state index contributed by atoms with van der Waals surface area (Å²) in [6.07, 6.45) is 3.23. The number of unbranched alkanes of at least 4 members (excludes halogenated alkanes) is 1. The van der Waals surface area contributed by atoms with Gasteiger partial charge >= 0.3 is 8.60 Å². The predicted molar refractivity (Wildman–Crippen MR) is 94.4 cm³/mol. The predicted octanol–water partition coefficient (Wildman–Crippen LogP) is 5.21. The van der Waals surface area contributed by atoms with Crippen LogP contribution in [0.4, 0.5) is 0 Å². The topological polar surface area (TPSA) is 49.7 Å². The molecule has 0 amide bonds. The van der Waals surface area contributed by atoms with E-state index in [1.54, 1.807) is 0 Å². The van der Waals surface area contributed by atoms with E-state index in [4.69, 9.17) is 4.52 Å². The van der Waals surface area contributed by atoms with Crippen molar-refractivity contribution < 1.29 is 14.3 Å². The van der Waals surface area contributed by atoms with E-state index in [-0.39, 0.29) is 10.8 Å². The second kappa shape index (κ2) is 7.29. The van der Waals surface area contributed by atoms with E-state index < -0.39 is 8.60 Å². The number of rotatable bonds is 5. The minimum atomic E-state index is -2.41. The zero-order chi connectivity index (χ0) is 17.1. The molecule has 0 atom stereocenters. The van der Waals surface area contributed by atoms with Gasteiger partial charge in [-0.1, -0.05) is 61.0 Å². The highest BCUT2D eigenvalue weighted by Crippen LogP contribution is 2.44. The summed E-state index contributed by atoms with van der Waals surface area (Å²) in [7, 11) is -2.41. The summed E-state index contributed by atoms with van der Waals surface area (Å²) in [4.78, 5) is 18.7. The van der Waals surface area contributed by atoms with E-state index in [1.165, 1.54) is 11.1 Å². The number of aryl methyl sites for hydroxylation is 1. The zero-order valence-electron chi connectivity index (χ0n) is 15.0. The average Bonchev–Trinajstić information content (AvgIpc) is 2.32. The Hall–Kier alpha value is -0.630. The van der Waals surface area contributed by atoms with Crippen molar-refractivity contribution in [2.24, 2.45) is 0 Å². The van der Waals surface area contributed by atoms with Crippen LogP contribution in [-0.2, 0) is 17.3 Å². The van der Waals surface area contributed by atoms with Crippen molar-refractivity contribution in [3.8, 4) is 5.75 Å². The van der Waals surface area contributed by atoms with E-state index in [1.807, 2.05) is 6.07 Å². The Balaban J connectivity index is 3.54. The molecule has 2 N–H and O–H groups in total. The van der Waals surface area contributed by atoms with Crippen LogP contribution in [0, 0.1) is 0 Å². The summed E-state index contributed by atoms with van der Waals surface area (Å²) in [6.45, 7) is 15.1. The van der Waals surface area contributed by atoms with Crippen LogP contribution in [0.5, 0.6) is 5.75 Å². The molecular formula is C18H31O3P. The highest BCUT2D eigenvalue weighted by Gasteiger charge is 2.30. The summed E-state index contributed by atoms with van der Waals surface area (Å²) >= 11 is 0. The fourth-order valence-electron chi connectivity index (χ4n) is 2.72. The van der Waals surface area contributed by atoms with E-state index in [2.05, 4.69) is 54.5 Å². The molecule has 1 aromatic rings. The van der Waals surface area contributed by atoms with Crippen LogP contribution in [0.25, 0.3) is 0 Å². The first kappa shape index (κ1) is 19.4. The quantitative estimate of drug-likeness (QED) is 0.730. The van der Waals surface area contributed by atoms with Crippen LogP contribution >= 0.6 is 8.60 Å². The lowest BCUT2D eigenvalue weighted by Crippen LogP contribution is -2.23. The van der Waals surface area contributed by atoms with E-state index in [0.29, 0.717) is 5.75 Å². The lowest BCUT2D eigenvalue weighted by molar-refractivity contribution is 0.367. The number of hydrogen-bond donors (Lipinski definition) is 2. The maximum atomic E-state index is 9.35. The molecule has 1 rings (SSSR count). The van der Waals surface area contributed by atoms with Gasteiger partial charge in [0.25, 0.3) is 0 Å². The van der Waals surface area contributed by atoms with Gasteiger partial charge in [0.05, 0.1) is 0 Å². The molecule has 0 aliphatic heterocycles. The fraction of sp³-hybridized carbons (Fsp3) is 0.667. The molecule has 3 nitrogen and oxygen atoms in total. The van der Waals surface area contributed by atoms with Crippen LogP contribution in [0.3, 0.4) is 0 Å². The van der Waals surface area contributed by atoms with Crippen molar-refractivity contribution in [3.63, 3.8) is 0 Å². The van der Waals surface area contributed by atoms with Crippen LogP contribution in [0.1, 0.15) is 78.0 Å². The van der Waals surface area contributed by atoms with Gasteiger partial charge in [0.15, 0.2) is 0 Å². The molecule has 1 aromatic carbocycles. The van der Waals surface area contributed by atoms with E-state index >= 15 is 0 Å². The molecule has 126 valence electrons. The first-order valence-electron chi connectivity index (χ1n) is 8.00. The molecule has 0 spiro atoms. The third-order valence-corrected chi connectivity index (χ3v) is 4.08. The van der Waals surface area contributed by atoms with Crippen LogP contribution in [-0.4, -0.2) is 9.79 Å². The Morgan fingerprint density at radius 3 is 2.00 bits per heavy atom. The summed E-state index contributed by atoms with van der Waals surface area (Å²) in [6, 6.07) is 4.24. The van der Waals surface area contributed by atoms with Crippen molar-refractivity contribution in [3.05, 3.63) is 28.8 Å². The second-order valence-electron chi connectivity index (χ2n) is 7.96. The molecule has 22 heavy (non-hydrogen) atoms. The normalized spacial score (nSPS) is 12.8. The Labute approximate surface area is 136 Å². The third kappa shape index (κ3) is 5.22. The SMILES string of the molecule is CCCCc1cc(OP(O)O)c(C(C)(C)C)c(C(C)(C)C)c1. The maximum absolute atomic E-state index is 9.35. The van der Waals surface area contributed by atoms with Gasteiger partial charge < -0.3 is 14.3 Å². The summed E-state index contributed by atoms with van der Waals surface area (Å²) < 4.78 is 5.40. The Morgan fingerprint density at radius 1 is 1.00 bits per heavy atom. The highest BCUT2D eigenvalue weighted by molar-refractivity contribution is 7.39. The number of benzene rings is 1. The second-order valence-corrected chi connectivity index (χ2v) is 8.65. The van der Waals surface area contributed by atoms with Gasteiger partial charge in [-0.15, -0.1) is 0 Å². The van der Waals surface area contributed by atoms with Crippen molar-refractivity contribution in [1.29, 1.82) is 0 Å². The highest BCUT2D eigenvalue weighted by atomic mass is 31.2. The summed E-state index contributed by atoms with van der Waals surface area (Å²) in [5.74, 6) is 0.613. The van der Waals surface area contributed by atoms with Gasteiger partial charge in [0, 0.05) is 5.56 Å². The molecule has 4 heteroatoms. The smallest absolute Gasteiger partial charge is 0.391 e. The molecular weight excluding hydrogens is 295 g/mol. The first-order valence-corrected chi connectivity index (χ1v) is 9.17. The molecule has 0 heterocycles. The molecule has 0 bridgehead atoms. The van der Waals surface area contributed by atoms with E-state index in [0.717, 1.165) is 24.8 Å². The van der Waals surface area contributed by atoms with Gasteiger partial charge in [-0.05, 0) is 40.9 Å². The minimum absolute atomic E-state index is 0.0311. The van der Waals surface area contributed by atoms with Gasteiger partial charge in [-0.3, -0.25) is 0 Å². The average molecular weight is 326 g/mol. The molecule has 0 saturated heterocycles. The van der Waals surface area contributed by atoms with Crippen LogP contribution in [0.15, 0.2) is 12.1 Å². The standard InChI is InChI=1S/C18H31O3P/c1-8-9-10-13-11-14(17(2,3)4)16(18(5,6)7)15(12-13)21-22(19)20/h11-12,19-20H,8-10H2,1-7H3. The van der Waals surface area contributed by atoms with E-state index in [9.17, 15) is 9.79 Å². The molecule has 0 saturated carbocycles. The fourth-order valence-corrected chi connectivity index (χ4v) is 3.04. The number of hydrogen-bond acceptors (Lipinski definition) is 3. The molecule has 0 aliphatic rings. The van der Waals surface area contributed by atoms with Gasteiger partial charge in [-0.2, -0.15) is 0 Å². The molecule has 0 fully saturated rings. The molecule has 0 radical (unpaired) electrons.